The number of benzene rings is 1. The van der Waals surface area contributed by atoms with Crippen molar-refractivity contribution < 1.29 is 4.79 Å². The normalized spacial score (nSPS) is 10.5. The number of aromatic nitrogens is 4. The summed E-state index contributed by atoms with van der Waals surface area (Å²) in [6, 6.07) is 14.6. The summed E-state index contributed by atoms with van der Waals surface area (Å²) in [5.74, 6) is 0.500. The van der Waals surface area contributed by atoms with Crippen LogP contribution in [-0.2, 0) is 17.9 Å². The molecule has 1 N–H and O–H groups in total. The summed E-state index contributed by atoms with van der Waals surface area (Å²) in [7, 11) is 0. The molecule has 7 heteroatoms. The highest BCUT2D eigenvalue weighted by Gasteiger charge is 2.08. The molecule has 0 aliphatic heterocycles. The topological polar surface area (TPSA) is 81.8 Å². The van der Waals surface area contributed by atoms with E-state index in [2.05, 4.69) is 15.5 Å². The maximum Gasteiger partial charge on any atom is 0.250 e. The first-order valence-electron chi connectivity index (χ1n) is 7.60. The van der Waals surface area contributed by atoms with Gasteiger partial charge < -0.3 is 9.88 Å². The predicted molar refractivity (Wildman–Crippen MR) is 88.5 cm³/mol. The minimum absolute atomic E-state index is 0.117. The highest BCUT2D eigenvalue weighted by atomic mass is 16.1. The van der Waals surface area contributed by atoms with Gasteiger partial charge in [-0.1, -0.05) is 24.3 Å². The number of hydrogen-bond acceptors (Lipinski definition) is 4. The Morgan fingerprint density at radius 3 is 2.67 bits per heavy atom. The highest BCUT2D eigenvalue weighted by Crippen LogP contribution is 2.08. The van der Waals surface area contributed by atoms with Crippen molar-refractivity contribution in [1.29, 1.82) is 0 Å². The number of nitrogens with one attached hydrogen (secondary N) is 1. The van der Waals surface area contributed by atoms with Crippen LogP contribution in [0.4, 0.5) is 0 Å². The Hall–Kier alpha value is -3.22. The number of pyridine rings is 1. The molecule has 0 bridgehead atoms. The molecule has 7 nitrogen and oxygen atoms in total. The van der Waals surface area contributed by atoms with Gasteiger partial charge in [0.25, 0.3) is 5.56 Å². The quantitative estimate of drug-likeness (QED) is 0.737. The zero-order chi connectivity index (χ0) is 16.8. The Labute approximate surface area is 138 Å². The van der Waals surface area contributed by atoms with Crippen LogP contribution < -0.4 is 10.9 Å². The molecule has 0 unspecified atom stereocenters. The summed E-state index contributed by atoms with van der Waals surface area (Å²) in [6.07, 6.45) is 3.51. The molecule has 2 heterocycles. The van der Waals surface area contributed by atoms with E-state index >= 15 is 0 Å². The van der Waals surface area contributed by atoms with Crippen molar-refractivity contribution in [2.24, 2.45) is 0 Å². The van der Waals surface area contributed by atoms with E-state index in [1.165, 1.54) is 10.6 Å². The average Bonchev–Trinajstić information content (AvgIpc) is 3.08. The van der Waals surface area contributed by atoms with Gasteiger partial charge in [-0.15, -0.1) is 10.2 Å². The van der Waals surface area contributed by atoms with Crippen LogP contribution in [-0.4, -0.2) is 25.2 Å². The Morgan fingerprint density at radius 1 is 1.08 bits per heavy atom. The van der Waals surface area contributed by atoms with Crippen LogP contribution in [0.1, 0.15) is 12.2 Å². The third-order valence-corrected chi connectivity index (χ3v) is 3.58. The van der Waals surface area contributed by atoms with Crippen molar-refractivity contribution in [3.05, 3.63) is 77.2 Å². The Bertz CT molecular complexity index is 870. The van der Waals surface area contributed by atoms with Gasteiger partial charge in [-0.25, -0.2) is 0 Å². The van der Waals surface area contributed by atoms with Gasteiger partial charge in [-0.2, -0.15) is 0 Å². The molecule has 0 saturated heterocycles. The van der Waals surface area contributed by atoms with Crippen LogP contribution >= 0.6 is 0 Å². The first-order valence-corrected chi connectivity index (χ1v) is 7.60. The number of nitrogens with zero attached hydrogens (tertiary/aromatic N) is 4. The van der Waals surface area contributed by atoms with Gasteiger partial charge in [0.1, 0.15) is 6.33 Å². The van der Waals surface area contributed by atoms with E-state index < -0.39 is 0 Å². The summed E-state index contributed by atoms with van der Waals surface area (Å²) < 4.78 is 3.33. The average molecular weight is 323 g/mol. The zero-order valence-corrected chi connectivity index (χ0v) is 13.0. The molecule has 122 valence electrons. The lowest BCUT2D eigenvalue weighted by atomic mass is 10.3. The molecule has 3 aromatic rings. The number of carbonyl (C=O) groups excluding carboxylic acids is 1. The van der Waals surface area contributed by atoms with Gasteiger partial charge in [-0.05, 0) is 18.2 Å². The number of aryl methyl sites for hydroxylation is 1. The van der Waals surface area contributed by atoms with E-state index in [-0.39, 0.29) is 24.4 Å². The number of amides is 1. The summed E-state index contributed by atoms with van der Waals surface area (Å²) in [4.78, 5) is 23.6. The van der Waals surface area contributed by atoms with Gasteiger partial charge in [0.15, 0.2) is 5.82 Å². The van der Waals surface area contributed by atoms with E-state index in [4.69, 9.17) is 0 Å². The van der Waals surface area contributed by atoms with Gasteiger partial charge in [0.2, 0.25) is 5.91 Å². The van der Waals surface area contributed by atoms with Crippen molar-refractivity contribution >= 4 is 5.91 Å². The van der Waals surface area contributed by atoms with E-state index in [0.717, 1.165) is 5.69 Å². The monoisotopic (exact) mass is 323 g/mol. The third-order valence-electron chi connectivity index (χ3n) is 3.58. The Kier molecular flexibility index (Phi) is 4.81. The van der Waals surface area contributed by atoms with Gasteiger partial charge >= 0.3 is 0 Å². The molecular weight excluding hydrogens is 306 g/mol. The first-order chi connectivity index (χ1) is 11.7. The fourth-order valence-corrected chi connectivity index (χ4v) is 2.32. The van der Waals surface area contributed by atoms with Crippen LogP contribution in [0.15, 0.2) is 65.8 Å². The second kappa shape index (κ2) is 7.36. The standard InChI is InChI=1S/C17H17N5O2/c23-16(9-11-21-10-5-4-8-17(21)24)18-12-15-20-19-13-22(15)14-6-2-1-3-7-14/h1-8,10,13H,9,11-12H2,(H,18,23). The molecule has 0 saturated carbocycles. The molecule has 0 fully saturated rings. The minimum atomic E-state index is -0.145. The van der Waals surface area contributed by atoms with Crippen LogP contribution in [0, 0.1) is 0 Å². The van der Waals surface area contributed by atoms with E-state index in [1.807, 2.05) is 34.9 Å². The molecule has 3 rings (SSSR count). The van der Waals surface area contributed by atoms with Crippen LogP contribution in [0.5, 0.6) is 0 Å². The Balaban J connectivity index is 1.57. The molecule has 0 aliphatic rings. The highest BCUT2D eigenvalue weighted by molar-refractivity contribution is 5.75. The predicted octanol–water partition coefficient (Wildman–Crippen LogP) is 1.14. The number of carbonyl (C=O) groups is 1. The third kappa shape index (κ3) is 3.75. The smallest absolute Gasteiger partial charge is 0.250 e. The second-order valence-electron chi connectivity index (χ2n) is 5.21. The fourth-order valence-electron chi connectivity index (χ4n) is 2.32. The molecule has 2 aromatic heterocycles. The summed E-state index contributed by atoms with van der Waals surface area (Å²) in [5.41, 5.74) is 0.816. The number of para-hydroxylation sites is 1. The molecule has 24 heavy (non-hydrogen) atoms. The molecule has 0 atom stereocenters. The minimum Gasteiger partial charge on any atom is -0.349 e. The lowest BCUT2D eigenvalue weighted by Gasteiger charge is -2.08. The van der Waals surface area contributed by atoms with Crippen molar-refractivity contribution in [2.45, 2.75) is 19.5 Å². The fraction of sp³-hybridized carbons (Fsp3) is 0.176. The van der Waals surface area contributed by atoms with Crippen LogP contribution in [0.3, 0.4) is 0 Å². The zero-order valence-electron chi connectivity index (χ0n) is 13.0. The summed E-state index contributed by atoms with van der Waals surface area (Å²) in [5, 5.41) is 10.7. The van der Waals surface area contributed by atoms with Crippen molar-refractivity contribution in [3.8, 4) is 5.69 Å². The van der Waals surface area contributed by atoms with E-state index in [1.54, 1.807) is 24.7 Å². The SMILES string of the molecule is O=C(CCn1ccccc1=O)NCc1nncn1-c1ccccc1. The first kappa shape index (κ1) is 15.7. The van der Waals surface area contributed by atoms with Gasteiger partial charge in [0.05, 0.1) is 6.54 Å². The lowest BCUT2D eigenvalue weighted by Crippen LogP contribution is -2.27. The van der Waals surface area contributed by atoms with Gasteiger partial charge in [-0.3, -0.25) is 14.2 Å². The van der Waals surface area contributed by atoms with E-state index in [0.29, 0.717) is 12.4 Å². The number of rotatable bonds is 6. The molecule has 0 spiro atoms. The Morgan fingerprint density at radius 2 is 1.88 bits per heavy atom. The molecule has 1 aromatic carbocycles. The molecule has 0 aliphatic carbocycles. The van der Waals surface area contributed by atoms with Crippen molar-refractivity contribution in [3.63, 3.8) is 0 Å². The summed E-state index contributed by atoms with van der Waals surface area (Å²) in [6.45, 7) is 0.619. The van der Waals surface area contributed by atoms with Crippen LogP contribution in [0.25, 0.3) is 5.69 Å². The largest absolute Gasteiger partial charge is 0.349 e. The summed E-state index contributed by atoms with van der Waals surface area (Å²) >= 11 is 0. The van der Waals surface area contributed by atoms with Gasteiger partial charge in [0, 0.05) is 30.9 Å². The van der Waals surface area contributed by atoms with E-state index in [9.17, 15) is 9.59 Å². The molecule has 0 radical (unpaired) electrons. The van der Waals surface area contributed by atoms with Crippen LogP contribution in [0.2, 0.25) is 0 Å². The molecule has 1 amide bonds. The molecular formula is C17H17N5O2. The maximum absolute atomic E-state index is 12.0. The van der Waals surface area contributed by atoms with Crippen molar-refractivity contribution in [2.75, 3.05) is 0 Å². The lowest BCUT2D eigenvalue weighted by molar-refractivity contribution is -0.121. The second-order valence-corrected chi connectivity index (χ2v) is 5.21. The number of hydrogen-bond donors (Lipinski definition) is 1. The maximum atomic E-state index is 12.0. The van der Waals surface area contributed by atoms with Crippen molar-refractivity contribution in [1.82, 2.24) is 24.6 Å².